The first-order chi connectivity index (χ1) is 21.6. The maximum Gasteiger partial charge on any atom is 0.208 e. The van der Waals surface area contributed by atoms with E-state index < -0.39 is 0 Å². The number of nitrogens with zero attached hydrogens (tertiary/aromatic N) is 2. The van der Waals surface area contributed by atoms with Crippen LogP contribution in [-0.4, -0.2) is 26.4 Å². The zero-order valence-electron chi connectivity index (χ0n) is 29.2. The van der Waals surface area contributed by atoms with Crippen molar-refractivity contribution in [3.05, 3.63) is 54.3 Å². The molecule has 0 aliphatic heterocycles. The van der Waals surface area contributed by atoms with Crippen molar-refractivity contribution in [3.8, 4) is 0 Å². The molecule has 2 rings (SSSR count). The summed E-state index contributed by atoms with van der Waals surface area (Å²) < 4.78 is 2.18. The summed E-state index contributed by atoms with van der Waals surface area (Å²) in [7, 11) is 0. The van der Waals surface area contributed by atoms with Gasteiger partial charge < -0.3 is 21.5 Å². The molecule has 0 unspecified atom stereocenters. The molecule has 2 aromatic heterocycles. The van der Waals surface area contributed by atoms with Crippen molar-refractivity contribution in [1.29, 1.82) is 0 Å². The molecule has 45 heavy (non-hydrogen) atoms. The summed E-state index contributed by atoms with van der Waals surface area (Å²) >= 11 is 0. The summed E-state index contributed by atoms with van der Waals surface area (Å²) in [4.78, 5) is 25.9. The number of pyridine rings is 2. The molecule has 0 bridgehead atoms. The van der Waals surface area contributed by atoms with Crippen LogP contribution in [-0.2, 0) is 12.8 Å². The molecule has 2 heterocycles. The minimum atomic E-state index is -0.175. The van der Waals surface area contributed by atoms with Gasteiger partial charge in [-0.15, -0.1) is 0 Å². The van der Waals surface area contributed by atoms with Gasteiger partial charge >= 0.3 is 0 Å². The van der Waals surface area contributed by atoms with Crippen molar-refractivity contribution < 1.29 is 10.4 Å². The number of unbranched alkanes of at least 4 members (excludes halogenated alkanes) is 17. The Bertz CT molecular complexity index is 1280. The maximum absolute atomic E-state index is 13.4. The first kappa shape index (κ1) is 38.3. The molecule has 0 saturated heterocycles. The minimum absolute atomic E-state index is 0.0206. The summed E-state index contributed by atoms with van der Waals surface area (Å²) in [5, 5.41) is 24.1. The molecule has 5 N–H and O–H groups in total. The lowest BCUT2D eigenvalue weighted by Gasteiger charge is -2.17. The van der Waals surface area contributed by atoms with Gasteiger partial charge in [-0.3, -0.25) is 9.59 Å². The predicted octanol–water partition coefficient (Wildman–Crippen LogP) is 8.93. The first-order valence-electron chi connectivity index (χ1n) is 18.0. The van der Waals surface area contributed by atoms with Crippen LogP contribution in [0.2, 0.25) is 0 Å². The van der Waals surface area contributed by atoms with Gasteiger partial charge in [0.1, 0.15) is 11.4 Å². The first-order valence-corrected chi connectivity index (χ1v) is 18.0. The lowest BCUT2D eigenvalue weighted by molar-refractivity contribution is 0.170. The molecule has 8 heteroatoms. The average Bonchev–Trinajstić information content (AvgIpc) is 3.03. The van der Waals surface area contributed by atoms with E-state index in [9.17, 15) is 20.0 Å². The number of anilines is 2. The minimum Gasteiger partial charge on any atom is -0.428 e. The molecule has 0 amide bonds. The largest absolute Gasteiger partial charge is 0.428 e. The van der Waals surface area contributed by atoms with E-state index in [1.54, 1.807) is 20.8 Å². The maximum atomic E-state index is 13.4. The van der Waals surface area contributed by atoms with E-state index >= 15 is 0 Å². The second-order valence-electron chi connectivity index (χ2n) is 13.2. The third-order valence-corrected chi connectivity index (χ3v) is 9.60. The van der Waals surface area contributed by atoms with E-state index in [0.29, 0.717) is 53.4 Å². The molecular formula is C37H64N4O4. The topological polar surface area (TPSA) is 123 Å². The third kappa shape index (κ3) is 12.1. The zero-order chi connectivity index (χ0) is 33.2. The summed E-state index contributed by atoms with van der Waals surface area (Å²) in [6.45, 7) is 9.93. The monoisotopic (exact) mass is 628 g/mol. The van der Waals surface area contributed by atoms with Gasteiger partial charge in [-0.25, -0.2) is 0 Å². The van der Waals surface area contributed by atoms with Gasteiger partial charge in [0.05, 0.1) is 22.8 Å². The van der Waals surface area contributed by atoms with Crippen LogP contribution in [0.15, 0.2) is 9.59 Å². The summed E-state index contributed by atoms with van der Waals surface area (Å²) in [5.74, 6) is 0. The van der Waals surface area contributed by atoms with Crippen LogP contribution in [0.1, 0.15) is 163 Å². The standard InChI is InChI=1S/C37H64N4O4/c1-6-7-8-9-10-11-12-13-14-15-16-17-19-23-26-33-29(3)41(45)31(5)35(37(33)43)39-27-24-21-18-20-22-25-32-28(2)40(44)30(4)34(38)36(32)42/h39,44-45H,6-27,38H2,1-5H3. The van der Waals surface area contributed by atoms with Gasteiger partial charge in [0.2, 0.25) is 10.9 Å². The molecule has 0 aromatic carbocycles. The lowest BCUT2D eigenvalue weighted by Crippen LogP contribution is -2.24. The van der Waals surface area contributed by atoms with Crippen molar-refractivity contribution in [2.45, 2.75) is 169 Å². The van der Waals surface area contributed by atoms with Crippen LogP contribution in [0.5, 0.6) is 0 Å². The van der Waals surface area contributed by atoms with Gasteiger partial charge in [-0.2, -0.15) is 9.46 Å². The molecule has 0 atom stereocenters. The molecule has 0 fully saturated rings. The van der Waals surface area contributed by atoms with Crippen molar-refractivity contribution in [2.24, 2.45) is 0 Å². The smallest absolute Gasteiger partial charge is 0.208 e. The van der Waals surface area contributed by atoms with Gasteiger partial charge in [-0.1, -0.05) is 110 Å². The van der Waals surface area contributed by atoms with Gasteiger partial charge in [0, 0.05) is 17.7 Å². The number of aromatic nitrogens is 2. The predicted molar refractivity (Wildman–Crippen MR) is 188 cm³/mol. The number of hydrogen-bond acceptors (Lipinski definition) is 6. The Hall–Kier alpha value is -2.90. The van der Waals surface area contributed by atoms with Crippen LogP contribution in [0.25, 0.3) is 0 Å². The van der Waals surface area contributed by atoms with E-state index in [-0.39, 0.29) is 16.5 Å². The second-order valence-corrected chi connectivity index (χ2v) is 13.2. The van der Waals surface area contributed by atoms with Crippen LogP contribution < -0.4 is 21.9 Å². The van der Waals surface area contributed by atoms with E-state index in [2.05, 4.69) is 12.2 Å². The van der Waals surface area contributed by atoms with Crippen molar-refractivity contribution in [2.75, 3.05) is 17.6 Å². The van der Waals surface area contributed by atoms with E-state index in [0.717, 1.165) is 55.2 Å². The SMILES string of the molecule is CCCCCCCCCCCCCCCCc1c(C)n(O)c(C)c(NCCCCCCCc2c(C)n(O)c(C)c(N)c2=O)c1=O. The highest BCUT2D eigenvalue weighted by molar-refractivity contribution is 5.51. The van der Waals surface area contributed by atoms with E-state index in [1.165, 1.54) is 81.8 Å². The van der Waals surface area contributed by atoms with Crippen molar-refractivity contribution >= 4 is 11.4 Å². The average molecular weight is 629 g/mol. The Morgan fingerprint density at radius 3 is 1.38 bits per heavy atom. The molecule has 0 radical (unpaired) electrons. The highest BCUT2D eigenvalue weighted by Crippen LogP contribution is 2.19. The fraction of sp³-hybridized carbons (Fsp3) is 0.730. The van der Waals surface area contributed by atoms with Crippen LogP contribution in [0.4, 0.5) is 11.4 Å². The Kier molecular flexibility index (Phi) is 17.9. The number of hydrogen-bond donors (Lipinski definition) is 4. The Morgan fingerprint density at radius 2 is 0.911 bits per heavy atom. The van der Waals surface area contributed by atoms with Gasteiger partial charge in [-0.05, 0) is 59.8 Å². The van der Waals surface area contributed by atoms with Crippen LogP contribution in [0, 0.1) is 27.7 Å². The Balaban J connectivity index is 1.67. The highest BCUT2D eigenvalue weighted by atomic mass is 16.5. The normalized spacial score (nSPS) is 11.4. The van der Waals surface area contributed by atoms with Crippen molar-refractivity contribution in [3.63, 3.8) is 0 Å². The Labute approximate surface area is 272 Å². The van der Waals surface area contributed by atoms with E-state index in [1.807, 2.05) is 6.92 Å². The zero-order valence-corrected chi connectivity index (χ0v) is 29.2. The molecule has 0 spiro atoms. The summed E-state index contributed by atoms with van der Waals surface area (Å²) in [6.07, 6.45) is 24.3. The van der Waals surface area contributed by atoms with Gasteiger partial charge in [0.25, 0.3) is 0 Å². The third-order valence-electron chi connectivity index (χ3n) is 9.60. The van der Waals surface area contributed by atoms with Gasteiger partial charge in [0.15, 0.2) is 0 Å². The quantitative estimate of drug-likeness (QED) is 0.0680. The molecule has 0 aliphatic rings. The van der Waals surface area contributed by atoms with E-state index in [4.69, 9.17) is 5.73 Å². The Morgan fingerprint density at radius 1 is 0.533 bits per heavy atom. The number of nitrogens with one attached hydrogen (secondary N) is 1. The fourth-order valence-corrected chi connectivity index (χ4v) is 6.41. The summed E-state index contributed by atoms with van der Waals surface area (Å²) in [6, 6.07) is 0. The van der Waals surface area contributed by atoms with Crippen LogP contribution >= 0.6 is 0 Å². The molecule has 2 aromatic rings. The van der Waals surface area contributed by atoms with Crippen LogP contribution in [0.3, 0.4) is 0 Å². The number of nitrogen functional groups attached to an aromatic ring is 1. The highest BCUT2D eigenvalue weighted by Gasteiger charge is 2.17. The molecule has 8 nitrogen and oxygen atoms in total. The molecular weight excluding hydrogens is 564 g/mol. The molecule has 256 valence electrons. The second kappa shape index (κ2) is 21.0. The lowest BCUT2D eigenvalue weighted by atomic mass is 10.0. The number of nitrogens with two attached hydrogens (primary N) is 1. The summed E-state index contributed by atoms with van der Waals surface area (Å²) in [5.41, 5.74) is 9.79. The molecule has 0 saturated carbocycles. The van der Waals surface area contributed by atoms with Crippen molar-refractivity contribution in [1.82, 2.24) is 9.46 Å². The molecule has 0 aliphatic carbocycles. The fourth-order valence-electron chi connectivity index (χ4n) is 6.41. The number of rotatable bonds is 24.